The van der Waals surface area contributed by atoms with Crippen LogP contribution < -0.4 is 20.3 Å². The standard InChI is InChI=1S/C25H17ClN4O4/c26-16-5-3-4-15(10-16)18-12-24(32)30-20-7-2-1-6-19(20)29(25(30)28-18)13-23(31)27-17-8-9-21-22(11-17)34-14-33-21/h1-12H,13-14H2,(H,27,31). The first-order valence-corrected chi connectivity index (χ1v) is 10.9. The van der Waals surface area contributed by atoms with E-state index in [-0.39, 0.29) is 24.8 Å². The highest BCUT2D eigenvalue weighted by atomic mass is 35.5. The van der Waals surface area contributed by atoms with Crippen molar-refractivity contribution in [2.45, 2.75) is 6.54 Å². The number of imidazole rings is 1. The summed E-state index contributed by atoms with van der Waals surface area (Å²) in [5, 5.41) is 3.42. The molecule has 0 unspecified atom stereocenters. The smallest absolute Gasteiger partial charge is 0.260 e. The van der Waals surface area contributed by atoms with Gasteiger partial charge in [0.2, 0.25) is 18.5 Å². The summed E-state index contributed by atoms with van der Waals surface area (Å²) in [6, 6.07) is 21.2. The first-order chi connectivity index (χ1) is 16.6. The Balaban J connectivity index is 1.43. The van der Waals surface area contributed by atoms with Gasteiger partial charge in [-0.3, -0.25) is 9.59 Å². The highest BCUT2D eigenvalue weighted by molar-refractivity contribution is 6.30. The monoisotopic (exact) mass is 472 g/mol. The maximum Gasteiger partial charge on any atom is 0.260 e. The molecular weight excluding hydrogens is 456 g/mol. The minimum atomic E-state index is -0.274. The second kappa shape index (κ2) is 7.93. The fraction of sp³-hybridized carbons (Fsp3) is 0.0800. The van der Waals surface area contributed by atoms with E-state index in [0.29, 0.717) is 44.8 Å². The Morgan fingerprint density at radius 1 is 0.971 bits per heavy atom. The Morgan fingerprint density at radius 2 is 1.79 bits per heavy atom. The van der Waals surface area contributed by atoms with E-state index in [1.54, 1.807) is 41.0 Å². The molecule has 1 aliphatic heterocycles. The Kier molecular flexibility index (Phi) is 4.74. The maximum absolute atomic E-state index is 13.1. The second-order valence-corrected chi connectivity index (χ2v) is 8.25. The normalized spacial score (nSPS) is 12.4. The van der Waals surface area contributed by atoms with Crippen molar-refractivity contribution in [2.75, 3.05) is 12.1 Å². The number of nitrogens with zero attached hydrogens (tertiary/aromatic N) is 3. The number of anilines is 1. The molecule has 0 fully saturated rings. The molecule has 0 aliphatic carbocycles. The molecule has 9 heteroatoms. The van der Waals surface area contributed by atoms with Crippen LogP contribution >= 0.6 is 11.6 Å². The quantitative estimate of drug-likeness (QED) is 0.420. The van der Waals surface area contributed by atoms with Crippen LogP contribution in [-0.4, -0.2) is 26.7 Å². The van der Waals surface area contributed by atoms with Crippen molar-refractivity contribution in [3.8, 4) is 22.8 Å². The third-order valence-electron chi connectivity index (χ3n) is 5.63. The van der Waals surface area contributed by atoms with Gasteiger partial charge < -0.3 is 19.4 Å². The molecule has 1 N–H and O–H groups in total. The molecule has 1 aliphatic rings. The lowest BCUT2D eigenvalue weighted by Crippen LogP contribution is -2.20. The van der Waals surface area contributed by atoms with Gasteiger partial charge >= 0.3 is 0 Å². The van der Waals surface area contributed by atoms with Gasteiger partial charge in [-0.05, 0) is 36.4 Å². The third-order valence-corrected chi connectivity index (χ3v) is 5.87. The zero-order valence-electron chi connectivity index (χ0n) is 17.7. The molecule has 3 heterocycles. The average molecular weight is 473 g/mol. The number of amides is 1. The zero-order valence-corrected chi connectivity index (χ0v) is 18.5. The molecule has 5 aromatic rings. The van der Waals surface area contributed by atoms with Crippen LogP contribution in [0.1, 0.15) is 0 Å². The third kappa shape index (κ3) is 3.45. The van der Waals surface area contributed by atoms with Gasteiger partial charge in [0.05, 0.1) is 16.7 Å². The average Bonchev–Trinajstić information content (AvgIpc) is 3.42. The van der Waals surface area contributed by atoms with E-state index in [0.717, 1.165) is 5.52 Å². The molecule has 0 spiro atoms. The summed E-state index contributed by atoms with van der Waals surface area (Å²) in [4.78, 5) is 30.9. The summed E-state index contributed by atoms with van der Waals surface area (Å²) in [5.41, 5.74) is 2.92. The van der Waals surface area contributed by atoms with Crippen molar-refractivity contribution in [3.05, 3.63) is 88.2 Å². The van der Waals surface area contributed by atoms with Crippen LogP contribution in [0.15, 0.2) is 77.6 Å². The molecule has 8 nitrogen and oxygen atoms in total. The van der Waals surface area contributed by atoms with Crippen LogP contribution in [-0.2, 0) is 11.3 Å². The molecular formula is C25H17ClN4O4. The predicted molar refractivity (Wildman–Crippen MR) is 129 cm³/mol. The fourth-order valence-electron chi connectivity index (χ4n) is 4.14. The number of para-hydroxylation sites is 2. The first kappa shape index (κ1) is 20.3. The highest BCUT2D eigenvalue weighted by Gasteiger charge is 2.18. The molecule has 0 saturated heterocycles. The topological polar surface area (TPSA) is 86.9 Å². The van der Waals surface area contributed by atoms with E-state index < -0.39 is 0 Å². The Hall–Kier alpha value is -4.30. The molecule has 2 aromatic heterocycles. The lowest BCUT2D eigenvalue weighted by Gasteiger charge is -2.09. The van der Waals surface area contributed by atoms with Gasteiger partial charge in [-0.1, -0.05) is 35.9 Å². The van der Waals surface area contributed by atoms with Gasteiger partial charge in [0.1, 0.15) is 6.54 Å². The SMILES string of the molecule is O=C(Cn1c2ccccc2n2c(=O)cc(-c3cccc(Cl)c3)nc12)Nc1ccc2c(c1)OCO2. The number of hydrogen-bond donors (Lipinski definition) is 1. The van der Waals surface area contributed by atoms with Crippen molar-refractivity contribution in [3.63, 3.8) is 0 Å². The van der Waals surface area contributed by atoms with Gasteiger partial charge in [0.25, 0.3) is 5.56 Å². The van der Waals surface area contributed by atoms with Crippen LogP contribution in [0.3, 0.4) is 0 Å². The number of ether oxygens (including phenoxy) is 2. The largest absolute Gasteiger partial charge is 0.454 e. The van der Waals surface area contributed by atoms with E-state index in [2.05, 4.69) is 5.32 Å². The fourth-order valence-corrected chi connectivity index (χ4v) is 4.33. The van der Waals surface area contributed by atoms with E-state index in [1.807, 2.05) is 30.3 Å². The van der Waals surface area contributed by atoms with E-state index in [4.69, 9.17) is 26.1 Å². The van der Waals surface area contributed by atoms with Gasteiger partial charge in [0.15, 0.2) is 11.5 Å². The predicted octanol–water partition coefficient (Wildman–Crippen LogP) is 4.34. The second-order valence-electron chi connectivity index (χ2n) is 7.82. The number of halogens is 1. The van der Waals surface area contributed by atoms with E-state index >= 15 is 0 Å². The molecule has 0 atom stereocenters. The van der Waals surface area contributed by atoms with Crippen molar-refractivity contribution >= 4 is 40.0 Å². The molecule has 6 rings (SSSR count). The minimum Gasteiger partial charge on any atom is -0.454 e. The summed E-state index contributed by atoms with van der Waals surface area (Å²) in [7, 11) is 0. The lowest BCUT2D eigenvalue weighted by atomic mass is 10.1. The number of aromatic nitrogens is 3. The molecule has 34 heavy (non-hydrogen) atoms. The van der Waals surface area contributed by atoms with Crippen molar-refractivity contribution in [2.24, 2.45) is 0 Å². The number of carbonyl (C=O) groups excluding carboxylic acids is 1. The summed E-state index contributed by atoms with van der Waals surface area (Å²) < 4.78 is 13.9. The number of fused-ring (bicyclic) bond motifs is 4. The van der Waals surface area contributed by atoms with Crippen molar-refractivity contribution in [1.29, 1.82) is 0 Å². The van der Waals surface area contributed by atoms with Crippen LogP contribution in [0.2, 0.25) is 5.02 Å². The first-order valence-electron chi connectivity index (χ1n) is 10.5. The van der Waals surface area contributed by atoms with Crippen molar-refractivity contribution in [1.82, 2.24) is 14.0 Å². The summed E-state index contributed by atoms with van der Waals surface area (Å²) in [6.45, 7) is 0.111. The Labute approximate surface area is 197 Å². The molecule has 0 saturated carbocycles. The lowest BCUT2D eigenvalue weighted by molar-refractivity contribution is -0.116. The number of hydrogen-bond acceptors (Lipinski definition) is 5. The van der Waals surface area contributed by atoms with Crippen molar-refractivity contribution < 1.29 is 14.3 Å². The Morgan fingerprint density at radius 3 is 2.65 bits per heavy atom. The summed E-state index contributed by atoms with van der Waals surface area (Å²) in [6.07, 6.45) is 0. The Bertz CT molecular complexity index is 1660. The highest BCUT2D eigenvalue weighted by Crippen LogP contribution is 2.34. The van der Waals surface area contributed by atoms with Gasteiger partial charge in [0, 0.05) is 28.4 Å². The number of benzene rings is 3. The van der Waals surface area contributed by atoms with Gasteiger partial charge in [-0.25, -0.2) is 9.38 Å². The van der Waals surface area contributed by atoms with E-state index in [9.17, 15) is 9.59 Å². The number of carbonyl (C=O) groups is 1. The molecule has 3 aromatic carbocycles. The van der Waals surface area contributed by atoms with Gasteiger partial charge in [-0.15, -0.1) is 0 Å². The van der Waals surface area contributed by atoms with Crippen LogP contribution in [0.5, 0.6) is 11.5 Å². The molecule has 0 bridgehead atoms. The van der Waals surface area contributed by atoms with Crippen LogP contribution in [0.4, 0.5) is 5.69 Å². The summed E-state index contributed by atoms with van der Waals surface area (Å²) in [5.74, 6) is 1.31. The number of rotatable bonds is 4. The molecule has 168 valence electrons. The maximum atomic E-state index is 13.1. The van der Waals surface area contributed by atoms with Crippen LogP contribution in [0.25, 0.3) is 28.1 Å². The zero-order chi connectivity index (χ0) is 23.2. The molecule has 0 radical (unpaired) electrons. The van der Waals surface area contributed by atoms with E-state index in [1.165, 1.54) is 10.5 Å². The molecule has 1 amide bonds. The van der Waals surface area contributed by atoms with Crippen LogP contribution in [0, 0.1) is 0 Å². The summed E-state index contributed by atoms with van der Waals surface area (Å²) >= 11 is 6.14. The van der Waals surface area contributed by atoms with Gasteiger partial charge in [-0.2, -0.15) is 0 Å². The minimum absolute atomic E-state index is 0.0447. The number of nitrogens with one attached hydrogen (secondary N) is 1.